The van der Waals surface area contributed by atoms with Crippen molar-refractivity contribution in [2.24, 2.45) is 5.10 Å². The zero-order chi connectivity index (χ0) is 14.1. The Morgan fingerprint density at radius 2 is 2.37 bits per heavy atom. The number of aromatic hydroxyl groups is 1. The highest BCUT2D eigenvalue weighted by atomic mass is 32.1. The van der Waals surface area contributed by atoms with Crippen LogP contribution in [0.4, 0.5) is 0 Å². The maximum atomic E-state index is 9.92. The minimum Gasteiger partial charge on any atom is -0.504 e. The third kappa shape index (κ3) is 4.97. The number of hydrogen-bond acceptors (Lipinski definition) is 4. The lowest BCUT2D eigenvalue weighted by molar-refractivity contribution is 0.318. The third-order valence-corrected chi connectivity index (χ3v) is 2.34. The molecule has 5 nitrogen and oxygen atoms in total. The standard InChI is InChI=1S/C13H17N3O2S/c1-3-8-14-13(19)16-15-9-10-6-5-7-11(12(10)17)18-4-2/h3,5-7,9,17H,1,4,8H2,2H3,(H2,14,16,19)/b15-9+. The Balaban J connectivity index is 2.63. The van der Waals surface area contributed by atoms with Crippen LogP contribution in [-0.2, 0) is 0 Å². The molecule has 0 bridgehead atoms. The highest BCUT2D eigenvalue weighted by molar-refractivity contribution is 7.80. The molecule has 19 heavy (non-hydrogen) atoms. The fourth-order valence-corrected chi connectivity index (χ4v) is 1.42. The van der Waals surface area contributed by atoms with Crippen LogP contribution >= 0.6 is 12.2 Å². The summed E-state index contributed by atoms with van der Waals surface area (Å²) in [6.45, 7) is 6.47. The first-order chi connectivity index (χ1) is 9.19. The van der Waals surface area contributed by atoms with Crippen molar-refractivity contribution in [2.75, 3.05) is 13.2 Å². The van der Waals surface area contributed by atoms with Gasteiger partial charge in [0.05, 0.1) is 12.8 Å². The summed E-state index contributed by atoms with van der Waals surface area (Å²) >= 11 is 4.96. The smallest absolute Gasteiger partial charge is 0.187 e. The number of phenols is 1. The lowest BCUT2D eigenvalue weighted by atomic mass is 10.2. The summed E-state index contributed by atoms with van der Waals surface area (Å²) in [5, 5.41) is 17.1. The molecule has 0 spiro atoms. The highest BCUT2D eigenvalue weighted by Gasteiger charge is 2.05. The van der Waals surface area contributed by atoms with E-state index in [2.05, 4.69) is 22.4 Å². The van der Waals surface area contributed by atoms with Crippen LogP contribution in [0.25, 0.3) is 0 Å². The lowest BCUT2D eigenvalue weighted by Crippen LogP contribution is -2.31. The number of ether oxygens (including phenoxy) is 1. The number of para-hydroxylation sites is 1. The van der Waals surface area contributed by atoms with Crippen LogP contribution in [0.1, 0.15) is 12.5 Å². The summed E-state index contributed by atoms with van der Waals surface area (Å²) < 4.78 is 5.28. The van der Waals surface area contributed by atoms with Crippen molar-refractivity contribution in [3.8, 4) is 11.5 Å². The lowest BCUT2D eigenvalue weighted by Gasteiger charge is -2.07. The van der Waals surface area contributed by atoms with Crippen molar-refractivity contribution in [2.45, 2.75) is 6.92 Å². The van der Waals surface area contributed by atoms with E-state index in [1.807, 2.05) is 6.92 Å². The molecule has 0 fully saturated rings. The SMILES string of the molecule is C=CCNC(=S)N/N=C/c1cccc(OCC)c1O. The summed E-state index contributed by atoms with van der Waals surface area (Å²) in [6.07, 6.45) is 3.16. The maximum absolute atomic E-state index is 9.92. The molecule has 1 rings (SSSR count). The van der Waals surface area contributed by atoms with Gasteiger partial charge in [-0.25, -0.2) is 0 Å². The number of thiocarbonyl (C=S) groups is 1. The molecule has 0 saturated heterocycles. The van der Waals surface area contributed by atoms with Crippen LogP contribution in [-0.4, -0.2) is 29.6 Å². The summed E-state index contributed by atoms with van der Waals surface area (Å²) in [7, 11) is 0. The second-order valence-corrected chi connectivity index (χ2v) is 3.90. The minimum absolute atomic E-state index is 0.0554. The average Bonchev–Trinajstić information content (AvgIpc) is 2.41. The number of rotatable bonds is 6. The van der Waals surface area contributed by atoms with Gasteiger partial charge in [-0.3, -0.25) is 5.43 Å². The largest absolute Gasteiger partial charge is 0.504 e. The normalized spacial score (nSPS) is 10.2. The molecule has 1 aromatic rings. The first-order valence-corrected chi connectivity index (χ1v) is 6.22. The molecule has 0 unspecified atom stereocenters. The first-order valence-electron chi connectivity index (χ1n) is 5.81. The van der Waals surface area contributed by atoms with Crippen molar-refractivity contribution in [3.63, 3.8) is 0 Å². The van der Waals surface area contributed by atoms with Gasteiger partial charge >= 0.3 is 0 Å². The Kier molecular flexibility index (Phi) is 6.38. The zero-order valence-corrected chi connectivity index (χ0v) is 11.5. The van der Waals surface area contributed by atoms with Crippen LogP contribution in [0.2, 0.25) is 0 Å². The molecular weight excluding hydrogens is 262 g/mol. The number of nitrogens with zero attached hydrogens (tertiary/aromatic N) is 1. The van der Waals surface area contributed by atoms with Gasteiger partial charge in [-0.05, 0) is 31.3 Å². The Labute approximate surface area is 118 Å². The zero-order valence-electron chi connectivity index (χ0n) is 10.7. The quantitative estimate of drug-likeness (QED) is 0.320. The van der Waals surface area contributed by atoms with Gasteiger partial charge in [0, 0.05) is 12.1 Å². The second kappa shape index (κ2) is 8.10. The van der Waals surface area contributed by atoms with Gasteiger partial charge in [-0.1, -0.05) is 12.1 Å². The van der Waals surface area contributed by atoms with Gasteiger partial charge in [-0.15, -0.1) is 6.58 Å². The van der Waals surface area contributed by atoms with Gasteiger partial charge < -0.3 is 15.2 Å². The van der Waals surface area contributed by atoms with E-state index < -0.39 is 0 Å². The molecule has 1 aromatic carbocycles. The van der Waals surface area contributed by atoms with Crippen LogP contribution in [0.15, 0.2) is 36.0 Å². The van der Waals surface area contributed by atoms with E-state index in [0.29, 0.717) is 29.6 Å². The summed E-state index contributed by atoms with van der Waals surface area (Å²) in [4.78, 5) is 0. The fourth-order valence-electron chi connectivity index (χ4n) is 1.28. The number of phenolic OH excluding ortho intramolecular Hbond substituents is 1. The van der Waals surface area contributed by atoms with Crippen LogP contribution in [0, 0.1) is 0 Å². The van der Waals surface area contributed by atoms with Gasteiger partial charge in [0.2, 0.25) is 0 Å². The molecule has 0 aromatic heterocycles. The molecule has 0 aliphatic rings. The molecule has 0 amide bonds. The number of nitrogens with one attached hydrogen (secondary N) is 2. The van der Waals surface area contributed by atoms with Crippen LogP contribution in [0.5, 0.6) is 11.5 Å². The predicted molar refractivity (Wildman–Crippen MR) is 80.8 cm³/mol. The first kappa shape index (κ1) is 15.0. The molecule has 0 radical (unpaired) electrons. The Bertz CT molecular complexity index is 475. The van der Waals surface area contributed by atoms with E-state index in [-0.39, 0.29) is 5.75 Å². The third-order valence-electron chi connectivity index (χ3n) is 2.11. The summed E-state index contributed by atoms with van der Waals surface area (Å²) in [6, 6.07) is 5.20. The van der Waals surface area contributed by atoms with Crippen molar-refractivity contribution >= 4 is 23.5 Å². The molecule has 3 N–H and O–H groups in total. The number of benzene rings is 1. The van der Waals surface area contributed by atoms with Crippen molar-refractivity contribution in [1.29, 1.82) is 0 Å². The fraction of sp³-hybridized carbons (Fsp3) is 0.231. The summed E-state index contributed by atoms with van der Waals surface area (Å²) in [5.41, 5.74) is 3.18. The highest BCUT2D eigenvalue weighted by Crippen LogP contribution is 2.28. The molecule has 0 aliphatic carbocycles. The van der Waals surface area contributed by atoms with Crippen LogP contribution in [0.3, 0.4) is 0 Å². The molecule has 6 heteroatoms. The molecular formula is C13H17N3O2S. The Morgan fingerprint density at radius 3 is 3.05 bits per heavy atom. The number of hydrazone groups is 1. The van der Waals surface area contributed by atoms with Crippen molar-refractivity contribution in [1.82, 2.24) is 10.7 Å². The predicted octanol–water partition coefficient (Wildman–Crippen LogP) is 1.77. The van der Waals surface area contributed by atoms with E-state index in [1.54, 1.807) is 24.3 Å². The van der Waals surface area contributed by atoms with Crippen molar-refractivity contribution in [3.05, 3.63) is 36.4 Å². The van der Waals surface area contributed by atoms with E-state index in [1.165, 1.54) is 6.21 Å². The molecule has 0 saturated carbocycles. The minimum atomic E-state index is 0.0554. The molecule has 0 atom stereocenters. The van der Waals surface area contributed by atoms with Gasteiger partial charge in [0.25, 0.3) is 0 Å². The van der Waals surface area contributed by atoms with E-state index in [0.717, 1.165) is 0 Å². The summed E-state index contributed by atoms with van der Waals surface area (Å²) in [5.74, 6) is 0.485. The topological polar surface area (TPSA) is 65.9 Å². The monoisotopic (exact) mass is 279 g/mol. The van der Waals surface area contributed by atoms with E-state index >= 15 is 0 Å². The maximum Gasteiger partial charge on any atom is 0.187 e. The van der Waals surface area contributed by atoms with Crippen LogP contribution < -0.4 is 15.5 Å². The Hall–Kier alpha value is -2.08. The average molecular weight is 279 g/mol. The van der Waals surface area contributed by atoms with E-state index in [9.17, 15) is 5.11 Å². The van der Waals surface area contributed by atoms with E-state index in [4.69, 9.17) is 17.0 Å². The second-order valence-electron chi connectivity index (χ2n) is 3.50. The molecule has 0 heterocycles. The number of hydrogen-bond donors (Lipinski definition) is 3. The van der Waals surface area contributed by atoms with Gasteiger partial charge in [0.15, 0.2) is 16.6 Å². The molecule has 0 aliphatic heterocycles. The van der Waals surface area contributed by atoms with Gasteiger partial charge in [0.1, 0.15) is 0 Å². The molecule has 102 valence electrons. The van der Waals surface area contributed by atoms with Crippen molar-refractivity contribution < 1.29 is 9.84 Å². The van der Waals surface area contributed by atoms with Gasteiger partial charge in [-0.2, -0.15) is 5.10 Å². The Morgan fingerprint density at radius 1 is 1.58 bits per heavy atom.